The fourth-order valence-corrected chi connectivity index (χ4v) is 3.56. The molecular formula is C21H23N3O4. The first kappa shape index (κ1) is 19.4. The minimum atomic E-state index is -1.03. The number of hydrogen-bond acceptors (Lipinski definition) is 6. The number of aryl methyl sites for hydroxylation is 1. The van der Waals surface area contributed by atoms with Gasteiger partial charge in [-0.05, 0) is 38.0 Å². The van der Waals surface area contributed by atoms with Crippen molar-refractivity contribution < 1.29 is 19.4 Å². The molecule has 0 fully saturated rings. The van der Waals surface area contributed by atoms with Crippen LogP contribution in [0.2, 0.25) is 0 Å². The molecule has 3 N–H and O–H groups in total. The molecule has 7 heteroatoms. The molecule has 2 heterocycles. The smallest absolute Gasteiger partial charge is 0.334 e. The number of carboxylic acids is 1. The van der Waals surface area contributed by atoms with Gasteiger partial charge in [0.25, 0.3) is 0 Å². The maximum Gasteiger partial charge on any atom is 0.334 e. The second kappa shape index (κ2) is 7.72. The molecule has 1 unspecified atom stereocenters. The minimum absolute atomic E-state index is 0.210. The van der Waals surface area contributed by atoms with Gasteiger partial charge in [0.2, 0.25) is 5.88 Å². The molecule has 1 aromatic heterocycles. The Hall–Kier alpha value is -3.35. The quantitative estimate of drug-likeness (QED) is 0.659. The molecule has 1 aliphatic heterocycles. The molecule has 0 amide bonds. The number of allylic oxidation sites excluding steroid dienone is 1. The van der Waals surface area contributed by atoms with Crippen LogP contribution in [0.4, 0.5) is 5.69 Å². The molecule has 1 aromatic carbocycles. The molecule has 28 heavy (non-hydrogen) atoms. The molecule has 146 valence electrons. The van der Waals surface area contributed by atoms with E-state index in [2.05, 4.69) is 10.3 Å². The predicted molar refractivity (Wildman–Crippen MR) is 107 cm³/mol. The van der Waals surface area contributed by atoms with Crippen LogP contribution in [0.25, 0.3) is 0 Å². The van der Waals surface area contributed by atoms with Gasteiger partial charge in [-0.1, -0.05) is 12.1 Å². The van der Waals surface area contributed by atoms with Gasteiger partial charge in [-0.25, -0.2) is 9.78 Å². The van der Waals surface area contributed by atoms with E-state index >= 15 is 0 Å². The highest BCUT2D eigenvalue weighted by Crippen LogP contribution is 2.48. The highest BCUT2D eigenvalue weighted by molar-refractivity contribution is 5.94. The summed E-state index contributed by atoms with van der Waals surface area (Å²) in [6.07, 6.45) is 2.93. The van der Waals surface area contributed by atoms with E-state index in [1.807, 2.05) is 13.8 Å². The third-order valence-electron chi connectivity index (χ3n) is 4.81. The van der Waals surface area contributed by atoms with E-state index in [0.717, 1.165) is 11.3 Å². The van der Waals surface area contributed by atoms with Gasteiger partial charge in [0, 0.05) is 23.7 Å². The molecular weight excluding hydrogens is 358 g/mol. The van der Waals surface area contributed by atoms with Gasteiger partial charge >= 0.3 is 5.97 Å². The molecule has 0 saturated carbocycles. The van der Waals surface area contributed by atoms with Crippen molar-refractivity contribution in [1.82, 2.24) is 4.98 Å². The Morgan fingerprint density at radius 2 is 2.14 bits per heavy atom. The number of fused-ring (bicyclic) bond motifs is 1. The highest BCUT2D eigenvalue weighted by Gasteiger charge is 2.37. The number of methoxy groups -OCH3 is 1. The molecule has 2 aromatic rings. The lowest BCUT2D eigenvalue weighted by atomic mass is 9.80. The lowest BCUT2D eigenvalue weighted by Gasteiger charge is -2.32. The van der Waals surface area contributed by atoms with E-state index in [1.165, 1.54) is 13.3 Å². The predicted octanol–water partition coefficient (Wildman–Crippen LogP) is 3.71. The number of rotatable bonds is 6. The standard InChI is InChI=1S/C21H23N3O4/c1-5-28-20-18-17(14-7-6-13(9-22)8-15(14)27-4)16(21(25)26)12(3)24-19(18)11(2)10-23-20/h6-10,17,22,24H,5H2,1-4H3,(H,25,26). The third-order valence-corrected chi connectivity index (χ3v) is 4.81. The van der Waals surface area contributed by atoms with Gasteiger partial charge in [-0.3, -0.25) is 0 Å². The number of nitrogens with one attached hydrogen (secondary N) is 2. The molecule has 0 aliphatic carbocycles. The normalized spacial score (nSPS) is 15.5. The van der Waals surface area contributed by atoms with Crippen LogP contribution >= 0.6 is 0 Å². The summed E-state index contributed by atoms with van der Waals surface area (Å²) in [5, 5.41) is 20.7. The molecule has 0 radical (unpaired) electrons. The summed E-state index contributed by atoms with van der Waals surface area (Å²) in [5.74, 6) is -0.750. The number of benzene rings is 1. The summed E-state index contributed by atoms with van der Waals surface area (Å²) in [4.78, 5) is 16.6. The molecule has 1 atom stereocenters. The molecule has 7 nitrogen and oxygen atoms in total. The Balaban J connectivity index is 2.36. The maximum atomic E-state index is 12.2. The van der Waals surface area contributed by atoms with Crippen molar-refractivity contribution in [2.45, 2.75) is 26.7 Å². The largest absolute Gasteiger partial charge is 0.496 e. The van der Waals surface area contributed by atoms with Crippen LogP contribution < -0.4 is 14.8 Å². The van der Waals surface area contributed by atoms with E-state index in [0.29, 0.717) is 40.6 Å². The van der Waals surface area contributed by atoms with Gasteiger partial charge in [-0.15, -0.1) is 0 Å². The number of anilines is 1. The Morgan fingerprint density at radius 3 is 2.75 bits per heavy atom. The first-order valence-electron chi connectivity index (χ1n) is 8.94. The first-order valence-corrected chi connectivity index (χ1v) is 8.94. The zero-order chi connectivity index (χ0) is 20.4. The van der Waals surface area contributed by atoms with Crippen molar-refractivity contribution >= 4 is 17.9 Å². The lowest BCUT2D eigenvalue weighted by molar-refractivity contribution is -0.133. The zero-order valence-electron chi connectivity index (χ0n) is 16.3. The van der Waals surface area contributed by atoms with Gasteiger partial charge < -0.3 is 25.3 Å². The monoisotopic (exact) mass is 381 g/mol. The Morgan fingerprint density at radius 1 is 1.39 bits per heavy atom. The Kier molecular flexibility index (Phi) is 5.35. The fourth-order valence-electron chi connectivity index (χ4n) is 3.56. The van der Waals surface area contributed by atoms with Crippen LogP contribution in [0.15, 0.2) is 35.7 Å². The molecule has 0 bridgehead atoms. The van der Waals surface area contributed by atoms with E-state index in [1.54, 1.807) is 31.3 Å². The van der Waals surface area contributed by atoms with Crippen molar-refractivity contribution in [3.05, 3.63) is 57.9 Å². The van der Waals surface area contributed by atoms with Gasteiger partial charge in [0.15, 0.2) is 0 Å². The first-order chi connectivity index (χ1) is 13.4. The second-order valence-corrected chi connectivity index (χ2v) is 6.52. The number of hydrogen-bond donors (Lipinski definition) is 3. The third kappa shape index (κ3) is 3.19. The van der Waals surface area contributed by atoms with Gasteiger partial charge in [0.05, 0.1) is 36.5 Å². The van der Waals surface area contributed by atoms with E-state index in [4.69, 9.17) is 14.9 Å². The zero-order valence-corrected chi connectivity index (χ0v) is 16.3. The number of carbonyl (C=O) groups is 1. The summed E-state index contributed by atoms with van der Waals surface area (Å²) >= 11 is 0. The lowest BCUT2D eigenvalue weighted by Crippen LogP contribution is -2.25. The SMILES string of the molecule is CCOc1ncc(C)c2c1C(c1ccc(C=N)cc1OC)C(C(=O)O)=C(C)N2. The van der Waals surface area contributed by atoms with Crippen LogP contribution in [-0.4, -0.2) is 36.0 Å². The molecule has 0 saturated heterocycles. The number of aromatic nitrogens is 1. The average molecular weight is 381 g/mol. The Bertz CT molecular complexity index is 982. The molecule has 0 spiro atoms. The fraction of sp³-hybridized carbons (Fsp3) is 0.286. The van der Waals surface area contributed by atoms with Crippen LogP contribution in [-0.2, 0) is 4.79 Å². The average Bonchev–Trinajstić information content (AvgIpc) is 2.68. The number of pyridine rings is 1. The van der Waals surface area contributed by atoms with Crippen molar-refractivity contribution in [3.63, 3.8) is 0 Å². The van der Waals surface area contributed by atoms with Crippen LogP contribution in [0.3, 0.4) is 0 Å². The summed E-state index contributed by atoms with van der Waals surface area (Å²) < 4.78 is 11.3. The van der Waals surface area contributed by atoms with Gasteiger partial charge in [0.1, 0.15) is 5.75 Å². The number of ether oxygens (including phenoxy) is 2. The van der Waals surface area contributed by atoms with Crippen LogP contribution in [0, 0.1) is 12.3 Å². The van der Waals surface area contributed by atoms with Crippen LogP contribution in [0.1, 0.15) is 42.0 Å². The van der Waals surface area contributed by atoms with Crippen molar-refractivity contribution in [2.24, 2.45) is 0 Å². The highest BCUT2D eigenvalue weighted by atomic mass is 16.5. The van der Waals surface area contributed by atoms with Crippen LogP contribution in [0.5, 0.6) is 11.6 Å². The molecule has 3 rings (SSSR count). The Labute approximate surface area is 163 Å². The maximum absolute atomic E-state index is 12.2. The summed E-state index contributed by atoms with van der Waals surface area (Å²) in [6.45, 7) is 5.93. The minimum Gasteiger partial charge on any atom is -0.496 e. The summed E-state index contributed by atoms with van der Waals surface area (Å²) in [7, 11) is 1.53. The number of aliphatic carboxylic acids is 1. The van der Waals surface area contributed by atoms with Crippen molar-refractivity contribution in [3.8, 4) is 11.6 Å². The number of nitrogens with zero attached hydrogens (tertiary/aromatic N) is 1. The van der Waals surface area contributed by atoms with E-state index in [9.17, 15) is 9.90 Å². The topological polar surface area (TPSA) is 105 Å². The number of carboxylic acid groups (broad SMARTS) is 1. The van der Waals surface area contributed by atoms with Crippen molar-refractivity contribution in [2.75, 3.05) is 19.0 Å². The van der Waals surface area contributed by atoms with Crippen molar-refractivity contribution in [1.29, 1.82) is 5.41 Å². The second-order valence-electron chi connectivity index (χ2n) is 6.52. The molecule has 1 aliphatic rings. The summed E-state index contributed by atoms with van der Waals surface area (Å²) in [5.41, 5.74) is 4.47. The summed E-state index contributed by atoms with van der Waals surface area (Å²) in [6, 6.07) is 5.29. The van der Waals surface area contributed by atoms with E-state index in [-0.39, 0.29) is 5.57 Å². The van der Waals surface area contributed by atoms with E-state index < -0.39 is 11.9 Å². The van der Waals surface area contributed by atoms with Gasteiger partial charge in [-0.2, -0.15) is 0 Å².